The average Bonchev–Trinajstić information content (AvgIpc) is 3.41. The van der Waals surface area contributed by atoms with E-state index in [9.17, 15) is 4.39 Å². The Hall–Kier alpha value is -2.29. The Bertz CT molecular complexity index is 1100. The molecule has 1 aliphatic carbocycles. The first-order valence-electron chi connectivity index (χ1n) is 11.6. The van der Waals surface area contributed by atoms with Crippen LogP contribution in [0.4, 0.5) is 15.9 Å². The van der Waals surface area contributed by atoms with E-state index < -0.39 is 0 Å². The first kappa shape index (κ1) is 20.3. The highest BCUT2D eigenvalue weighted by atomic mass is 32.1. The summed E-state index contributed by atoms with van der Waals surface area (Å²) in [6, 6.07) is 6.84. The van der Waals surface area contributed by atoms with Crippen LogP contribution in [-0.2, 0) is 24.1 Å². The Labute approximate surface area is 191 Å². The molecule has 0 radical (unpaired) electrons. The molecule has 0 saturated carbocycles. The molecule has 3 aliphatic rings. The number of nitrogens with zero attached hydrogens (tertiary/aromatic N) is 5. The number of halogens is 1. The Morgan fingerprint density at radius 1 is 0.906 bits per heavy atom. The highest BCUT2D eigenvalue weighted by Crippen LogP contribution is 2.41. The Kier molecular flexibility index (Phi) is 5.45. The number of aryl methyl sites for hydroxylation is 2. The van der Waals surface area contributed by atoms with Crippen LogP contribution in [-0.4, -0.2) is 67.4 Å². The van der Waals surface area contributed by atoms with Gasteiger partial charge in [0.25, 0.3) is 0 Å². The zero-order chi connectivity index (χ0) is 21.5. The summed E-state index contributed by atoms with van der Waals surface area (Å²) in [4.78, 5) is 20.0. The summed E-state index contributed by atoms with van der Waals surface area (Å²) in [6.07, 6.45) is 3.56. The molecule has 0 bridgehead atoms. The van der Waals surface area contributed by atoms with Gasteiger partial charge >= 0.3 is 0 Å². The van der Waals surface area contributed by atoms with Gasteiger partial charge in [0, 0.05) is 49.8 Å². The van der Waals surface area contributed by atoms with Crippen LogP contribution in [0.5, 0.6) is 0 Å². The van der Waals surface area contributed by atoms with Crippen LogP contribution >= 0.6 is 11.3 Å². The van der Waals surface area contributed by atoms with Crippen LogP contribution in [0, 0.1) is 5.82 Å². The van der Waals surface area contributed by atoms with E-state index in [4.69, 9.17) is 14.7 Å². The van der Waals surface area contributed by atoms with E-state index in [1.54, 1.807) is 12.1 Å². The predicted molar refractivity (Wildman–Crippen MR) is 126 cm³/mol. The summed E-state index contributed by atoms with van der Waals surface area (Å²) in [6.45, 7) is 7.86. The fraction of sp³-hybridized carbons (Fsp3) is 0.500. The zero-order valence-corrected chi connectivity index (χ0v) is 19.0. The van der Waals surface area contributed by atoms with Gasteiger partial charge in [-0.15, -0.1) is 11.3 Å². The molecule has 4 heterocycles. The Morgan fingerprint density at radius 3 is 2.44 bits per heavy atom. The maximum absolute atomic E-state index is 13.3. The van der Waals surface area contributed by atoms with Crippen LogP contribution < -0.4 is 9.80 Å². The van der Waals surface area contributed by atoms with E-state index in [-0.39, 0.29) is 5.82 Å². The first-order chi connectivity index (χ1) is 15.7. The van der Waals surface area contributed by atoms with Gasteiger partial charge in [0.15, 0.2) is 0 Å². The van der Waals surface area contributed by atoms with Gasteiger partial charge in [0.2, 0.25) is 0 Å². The normalized spacial score (nSPS) is 19.7. The molecule has 0 atom stereocenters. The van der Waals surface area contributed by atoms with E-state index in [1.165, 1.54) is 28.7 Å². The van der Waals surface area contributed by atoms with Gasteiger partial charge in [0.05, 0.1) is 25.1 Å². The van der Waals surface area contributed by atoms with Crippen molar-refractivity contribution >= 4 is 33.1 Å². The number of benzene rings is 1. The summed E-state index contributed by atoms with van der Waals surface area (Å²) in [7, 11) is 0. The van der Waals surface area contributed by atoms with E-state index in [0.29, 0.717) is 0 Å². The molecule has 2 saturated heterocycles. The van der Waals surface area contributed by atoms with E-state index in [2.05, 4.69) is 14.7 Å². The van der Waals surface area contributed by atoms with E-state index >= 15 is 0 Å². The molecule has 0 amide bonds. The fourth-order valence-electron chi connectivity index (χ4n) is 5.11. The highest BCUT2D eigenvalue weighted by molar-refractivity contribution is 7.19. The molecule has 2 aliphatic heterocycles. The second-order valence-electron chi connectivity index (χ2n) is 8.84. The van der Waals surface area contributed by atoms with Crippen LogP contribution in [0.2, 0.25) is 0 Å². The van der Waals surface area contributed by atoms with Crippen molar-refractivity contribution in [2.45, 2.75) is 25.8 Å². The number of hydrogen-bond acceptors (Lipinski definition) is 7. The number of anilines is 2. The second-order valence-corrected chi connectivity index (χ2v) is 9.92. The van der Waals surface area contributed by atoms with Crippen molar-refractivity contribution in [1.82, 2.24) is 14.9 Å². The molecule has 3 aromatic rings. The third kappa shape index (κ3) is 3.84. The molecule has 0 spiro atoms. The minimum Gasteiger partial charge on any atom is -0.379 e. The topological polar surface area (TPSA) is 44.7 Å². The molecule has 6 rings (SSSR count). The summed E-state index contributed by atoms with van der Waals surface area (Å²) in [5.41, 5.74) is 2.57. The Morgan fingerprint density at radius 2 is 1.66 bits per heavy atom. The Balaban J connectivity index is 1.29. The van der Waals surface area contributed by atoms with Crippen LogP contribution in [0.25, 0.3) is 10.2 Å². The summed E-state index contributed by atoms with van der Waals surface area (Å²) in [5, 5.41) is 1.29. The largest absolute Gasteiger partial charge is 0.379 e. The molecule has 1 aromatic carbocycles. The number of fused-ring (bicyclic) bond motifs is 3. The van der Waals surface area contributed by atoms with Crippen molar-refractivity contribution < 1.29 is 9.13 Å². The van der Waals surface area contributed by atoms with Gasteiger partial charge in [-0.1, -0.05) is 0 Å². The van der Waals surface area contributed by atoms with Crippen molar-refractivity contribution in [3.8, 4) is 0 Å². The van der Waals surface area contributed by atoms with Crippen molar-refractivity contribution in [1.29, 1.82) is 0 Å². The third-order valence-electron chi connectivity index (χ3n) is 6.83. The molecule has 168 valence electrons. The smallest absolute Gasteiger partial charge is 0.146 e. The standard InChI is InChI=1S/C24H28FN5OS/c25-17-4-6-18(7-5-17)29-8-10-30(11-9-29)23-22-19-2-1-3-20(19)32-24(22)27-21(26-23)16-28-12-14-31-15-13-28/h4-7H,1-3,8-16H2. The number of morpholine rings is 1. The van der Waals surface area contributed by atoms with Crippen LogP contribution in [0.3, 0.4) is 0 Å². The number of thiophene rings is 1. The number of ether oxygens (including phenoxy) is 1. The van der Waals surface area contributed by atoms with Crippen molar-refractivity contribution in [2.24, 2.45) is 0 Å². The molecule has 2 fully saturated rings. The zero-order valence-electron chi connectivity index (χ0n) is 18.2. The molecule has 0 N–H and O–H groups in total. The summed E-state index contributed by atoms with van der Waals surface area (Å²) >= 11 is 1.87. The SMILES string of the molecule is Fc1ccc(N2CCN(c3nc(CN4CCOCC4)nc4sc5c(c34)CCC5)CC2)cc1. The molecule has 2 aromatic heterocycles. The quantitative estimate of drug-likeness (QED) is 0.603. The van der Waals surface area contributed by atoms with E-state index in [0.717, 1.165) is 87.6 Å². The molecule has 0 unspecified atom stereocenters. The van der Waals surface area contributed by atoms with Gasteiger partial charge in [-0.3, -0.25) is 4.90 Å². The summed E-state index contributed by atoms with van der Waals surface area (Å²) in [5.74, 6) is 1.86. The fourth-order valence-corrected chi connectivity index (χ4v) is 6.38. The minimum atomic E-state index is -0.185. The van der Waals surface area contributed by atoms with Crippen molar-refractivity contribution in [3.63, 3.8) is 0 Å². The lowest BCUT2D eigenvalue weighted by Gasteiger charge is -2.37. The van der Waals surface area contributed by atoms with Crippen LogP contribution in [0.1, 0.15) is 22.7 Å². The minimum absolute atomic E-state index is 0.185. The van der Waals surface area contributed by atoms with E-state index in [1.807, 2.05) is 23.5 Å². The average molecular weight is 454 g/mol. The maximum Gasteiger partial charge on any atom is 0.146 e. The monoisotopic (exact) mass is 453 g/mol. The number of piperazine rings is 1. The molecule has 8 heteroatoms. The molecule has 32 heavy (non-hydrogen) atoms. The molecular formula is C24H28FN5OS. The van der Waals surface area contributed by atoms with Gasteiger partial charge in [0.1, 0.15) is 22.3 Å². The van der Waals surface area contributed by atoms with Crippen molar-refractivity contribution in [3.05, 3.63) is 46.3 Å². The van der Waals surface area contributed by atoms with Gasteiger partial charge in [-0.05, 0) is 49.1 Å². The lowest BCUT2D eigenvalue weighted by atomic mass is 10.1. The van der Waals surface area contributed by atoms with Crippen LogP contribution in [0.15, 0.2) is 24.3 Å². The lowest BCUT2D eigenvalue weighted by molar-refractivity contribution is 0.0331. The van der Waals surface area contributed by atoms with Gasteiger partial charge in [-0.25, -0.2) is 14.4 Å². The second kappa shape index (κ2) is 8.57. The number of aromatic nitrogens is 2. The molecular weight excluding hydrogens is 425 g/mol. The third-order valence-corrected chi connectivity index (χ3v) is 8.02. The maximum atomic E-state index is 13.3. The van der Waals surface area contributed by atoms with Gasteiger partial charge in [-0.2, -0.15) is 0 Å². The highest BCUT2D eigenvalue weighted by Gasteiger charge is 2.27. The number of rotatable bonds is 4. The number of hydrogen-bond donors (Lipinski definition) is 0. The predicted octanol–water partition coefficient (Wildman–Crippen LogP) is 3.48. The lowest BCUT2D eigenvalue weighted by Crippen LogP contribution is -2.47. The summed E-state index contributed by atoms with van der Waals surface area (Å²) < 4.78 is 18.8. The van der Waals surface area contributed by atoms with Crippen molar-refractivity contribution in [2.75, 3.05) is 62.3 Å². The van der Waals surface area contributed by atoms with Gasteiger partial charge < -0.3 is 14.5 Å². The molecule has 6 nitrogen and oxygen atoms in total. The first-order valence-corrected chi connectivity index (χ1v) is 12.4.